The van der Waals surface area contributed by atoms with E-state index >= 15 is 0 Å². The smallest absolute Gasteiger partial charge is 0.302 e. The van der Waals surface area contributed by atoms with Gasteiger partial charge in [-0.3, -0.25) is 4.79 Å². The number of fused-ring (bicyclic) bond motifs is 5. The zero-order valence-electron chi connectivity index (χ0n) is 15.3. The number of esters is 1. The van der Waals surface area contributed by atoms with Gasteiger partial charge in [-0.1, -0.05) is 48.1 Å². The molecule has 4 rings (SSSR count). The van der Waals surface area contributed by atoms with Crippen LogP contribution in [0, 0.1) is 28.6 Å². The van der Waals surface area contributed by atoms with E-state index < -0.39 is 0 Å². The summed E-state index contributed by atoms with van der Waals surface area (Å²) in [6.45, 7) is 6.65. The van der Waals surface area contributed by atoms with Crippen molar-refractivity contribution in [3.63, 3.8) is 0 Å². The third-order valence-electron chi connectivity index (χ3n) is 8.28. The molecule has 4 aliphatic rings. The molecule has 3 saturated carbocycles. The molecule has 0 aliphatic heterocycles. The van der Waals surface area contributed by atoms with Gasteiger partial charge < -0.3 is 4.74 Å². The standard InChI is InChI=1S/C21H31IO2/c1-13(23)24-15-8-10-20(2)14(12-15)4-5-16-17-6-7-19(22)21(17,3)11-9-18(16)20/h4,15-19H,5-12H2,1-3H3. The molecule has 0 aromatic carbocycles. The molecule has 7 atom stereocenters. The Morgan fingerprint density at radius 1 is 1.17 bits per heavy atom. The third-order valence-corrected chi connectivity index (χ3v) is 10.3. The zero-order chi connectivity index (χ0) is 17.1. The van der Waals surface area contributed by atoms with Gasteiger partial charge in [0, 0.05) is 17.3 Å². The fourth-order valence-corrected chi connectivity index (χ4v) is 8.03. The Hall–Kier alpha value is -0.0600. The van der Waals surface area contributed by atoms with Crippen LogP contribution in [0.5, 0.6) is 0 Å². The van der Waals surface area contributed by atoms with E-state index in [-0.39, 0.29) is 12.1 Å². The van der Waals surface area contributed by atoms with Gasteiger partial charge in [-0.25, -0.2) is 0 Å². The molecule has 134 valence electrons. The predicted octanol–water partition coefficient (Wildman–Crippen LogP) is 5.68. The Kier molecular flexibility index (Phi) is 4.33. The van der Waals surface area contributed by atoms with Crippen LogP contribution >= 0.6 is 22.6 Å². The summed E-state index contributed by atoms with van der Waals surface area (Å²) < 4.78 is 6.41. The maximum Gasteiger partial charge on any atom is 0.302 e. The van der Waals surface area contributed by atoms with E-state index in [4.69, 9.17) is 4.74 Å². The summed E-state index contributed by atoms with van der Waals surface area (Å²) in [5, 5.41) is 0. The van der Waals surface area contributed by atoms with Gasteiger partial charge in [0.2, 0.25) is 0 Å². The van der Waals surface area contributed by atoms with E-state index in [9.17, 15) is 4.79 Å². The second-order valence-electron chi connectivity index (χ2n) is 9.32. The van der Waals surface area contributed by atoms with Crippen molar-refractivity contribution in [2.75, 3.05) is 0 Å². The SMILES string of the molecule is CC(=O)OC1CCC2(C)C(=CCC3C2CCC2(C)C(I)CCC32)C1. The van der Waals surface area contributed by atoms with Gasteiger partial charge in [0.05, 0.1) is 0 Å². The summed E-state index contributed by atoms with van der Waals surface area (Å²) in [5.41, 5.74) is 2.55. The number of ether oxygens (including phenoxy) is 1. The molecule has 2 nitrogen and oxygen atoms in total. The number of hydrogen-bond acceptors (Lipinski definition) is 2. The van der Waals surface area contributed by atoms with E-state index in [0.29, 0.717) is 10.8 Å². The van der Waals surface area contributed by atoms with Gasteiger partial charge in [0.15, 0.2) is 0 Å². The third kappa shape index (κ3) is 2.51. The average Bonchev–Trinajstić information content (AvgIpc) is 2.83. The van der Waals surface area contributed by atoms with Crippen LogP contribution in [0.3, 0.4) is 0 Å². The van der Waals surface area contributed by atoms with Crippen LogP contribution in [-0.4, -0.2) is 16.0 Å². The summed E-state index contributed by atoms with van der Waals surface area (Å²) in [5.74, 6) is 2.56. The fraction of sp³-hybridized carbons (Fsp3) is 0.857. The number of alkyl halides is 1. The minimum atomic E-state index is -0.120. The first-order valence-electron chi connectivity index (χ1n) is 9.85. The van der Waals surface area contributed by atoms with Crippen molar-refractivity contribution in [1.29, 1.82) is 0 Å². The lowest BCUT2D eigenvalue weighted by atomic mass is 9.48. The van der Waals surface area contributed by atoms with Crippen LogP contribution in [-0.2, 0) is 9.53 Å². The molecule has 0 amide bonds. The molecule has 0 aromatic rings. The fourth-order valence-electron chi connectivity index (χ4n) is 6.90. The Morgan fingerprint density at radius 3 is 2.71 bits per heavy atom. The molecule has 0 N–H and O–H groups in total. The first kappa shape index (κ1) is 17.4. The molecule has 0 aromatic heterocycles. The summed E-state index contributed by atoms with van der Waals surface area (Å²) in [4.78, 5) is 11.3. The van der Waals surface area contributed by atoms with Crippen LogP contribution < -0.4 is 0 Å². The van der Waals surface area contributed by atoms with Crippen molar-refractivity contribution < 1.29 is 9.53 Å². The van der Waals surface area contributed by atoms with Crippen LogP contribution in [0.2, 0.25) is 0 Å². The Balaban J connectivity index is 1.59. The molecule has 0 spiro atoms. The quantitative estimate of drug-likeness (QED) is 0.226. The largest absolute Gasteiger partial charge is 0.462 e. The maximum atomic E-state index is 11.3. The van der Waals surface area contributed by atoms with Crippen LogP contribution in [0.15, 0.2) is 11.6 Å². The Morgan fingerprint density at radius 2 is 1.96 bits per heavy atom. The molecule has 0 radical (unpaired) electrons. The van der Waals surface area contributed by atoms with Crippen molar-refractivity contribution in [2.24, 2.45) is 28.6 Å². The number of carbonyl (C=O) groups is 1. The van der Waals surface area contributed by atoms with Gasteiger partial charge in [-0.05, 0) is 73.5 Å². The molecule has 0 heterocycles. The molecule has 3 heteroatoms. The van der Waals surface area contributed by atoms with Gasteiger partial charge in [-0.15, -0.1) is 0 Å². The normalized spacial score (nSPS) is 50.3. The van der Waals surface area contributed by atoms with Gasteiger partial charge >= 0.3 is 5.97 Å². The molecule has 4 aliphatic carbocycles. The highest BCUT2D eigenvalue weighted by atomic mass is 127. The molecule has 0 saturated heterocycles. The second-order valence-corrected chi connectivity index (χ2v) is 10.8. The number of carbonyl (C=O) groups excluding carboxylic acids is 1. The van der Waals surface area contributed by atoms with Gasteiger partial charge in [0.1, 0.15) is 6.10 Å². The van der Waals surface area contributed by atoms with E-state index in [1.807, 2.05) is 0 Å². The molecule has 0 bridgehead atoms. The maximum absolute atomic E-state index is 11.3. The average molecular weight is 442 g/mol. The Labute approximate surface area is 160 Å². The highest BCUT2D eigenvalue weighted by Crippen LogP contribution is 2.65. The van der Waals surface area contributed by atoms with Gasteiger partial charge in [0.25, 0.3) is 0 Å². The number of halogens is 1. The first-order valence-corrected chi connectivity index (χ1v) is 11.1. The second kappa shape index (κ2) is 5.99. The van der Waals surface area contributed by atoms with E-state index in [2.05, 4.69) is 42.5 Å². The lowest BCUT2D eigenvalue weighted by Crippen LogP contribution is -2.50. The minimum absolute atomic E-state index is 0.120. The van der Waals surface area contributed by atoms with E-state index in [1.165, 1.54) is 38.5 Å². The number of allylic oxidation sites excluding steroid dienone is 1. The number of rotatable bonds is 1. The molecule has 3 fully saturated rings. The highest BCUT2D eigenvalue weighted by Gasteiger charge is 2.58. The van der Waals surface area contributed by atoms with Crippen LogP contribution in [0.4, 0.5) is 0 Å². The number of hydrogen-bond donors (Lipinski definition) is 0. The highest BCUT2D eigenvalue weighted by molar-refractivity contribution is 14.1. The van der Waals surface area contributed by atoms with Crippen molar-refractivity contribution in [1.82, 2.24) is 0 Å². The minimum Gasteiger partial charge on any atom is -0.462 e. The summed E-state index contributed by atoms with van der Waals surface area (Å²) in [6.07, 6.45) is 12.9. The van der Waals surface area contributed by atoms with E-state index in [1.54, 1.807) is 12.5 Å². The zero-order valence-corrected chi connectivity index (χ0v) is 17.5. The van der Waals surface area contributed by atoms with E-state index in [0.717, 1.165) is 34.5 Å². The lowest BCUT2D eigenvalue weighted by Gasteiger charge is -2.57. The summed E-state index contributed by atoms with van der Waals surface area (Å²) in [7, 11) is 0. The predicted molar refractivity (Wildman–Crippen MR) is 105 cm³/mol. The molecule has 7 unspecified atom stereocenters. The monoisotopic (exact) mass is 442 g/mol. The van der Waals surface area contributed by atoms with Crippen molar-refractivity contribution >= 4 is 28.6 Å². The summed E-state index contributed by atoms with van der Waals surface area (Å²) in [6, 6.07) is 0. The topological polar surface area (TPSA) is 26.3 Å². The first-order chi connectivity index (χ1) is 11.3. The molecule has 24 heavy (non-hydrogen) atoms. The summed E-state index contributed by atoms with van der Waals surface area (Å²) >= 11 is 2.74. The molecular formula is C21H31IO2. The van der Waals surface area contributed by atoms with Crippen molar-refractivity contribution in [2.45, 2.75) is 82.2 Å². The van der Waals surface area contributed by atoms with Gasteiger partial charge in [-0.2, -0.15) is 0 Å². The van der Waals surface area contributed by atoms with Crippen molar-refractivity contribution in [3.8, 4) is 0 Å². The lowest BCUT2D eigenvalue weighted by molar-refractivity contribution is -0.148. The van der Waals surface area contributed by atoms with Crippen molar-refractivity contribution in [3.05, 3.63) is 11.6 Å². The van der Waals surface area contributed by atoms with Crippen LogP contribution in [0.25, 0.3) is 0 Å². The van der Waals surface area contributed by atoms with Crippen LogP contribution in [0.1, 0.15) is 72.1 Å². The molecular weight excluding hydrogens is 411 g/mol. The Bertz CT molecular complexity index is 570.